The van der Waals surface area contributed by atoms with Gasteiger partial charge in [0, 0.05) is 38.1 Å². The molecule has 0 aromatic carbocycles. The molecular formula is C15H24N4O. The Bertz CT molecular complexity index is 425. The highest BCUT2D eigenvalue weighted by Crippen LogP contribution is 2.26. The van der Waals surface area contributed by atoms with Gasteiger partial charge in [0.1, 0.15) is 0 Å². The van der Waals surface area contributed by atoms with E-state index in [1.54, 1.807) is 0 Å². The van der Waals surface area contributed by atoms with Gasteiger partial charge in [-0.2, -0.15) is 0 Å². The molecule has 20 heavy (non-hydrogen) atoms. The van der Waals surface area contributed by atoms with E-state index in [4.69, 9.17) is 0 Å². The van der Waals surface area contributed by atoms with Gasteiger partial charge in [0.2, 0.25) is 5.91 Å². The molecule has 0 bridgehead atoms. The fraction of sp³-hybridized carbons (Fsp3) is 0.733. The first-order valence-corrected chi connectivity index (χ1v) is 7.78. The molecule has 2 atom stereocenters. The zero-order chi connectivity index (χ0) is 13.8. The first kappa shape index (κ1) is 13.6. The van der Waals surface area contributed by atoms with Crippen molar-refractivity contribution in [1.29, 1.82) is 0 Å². The van der Waals surface area contributed by atoms with Crippen LogP contribution in [0.5, 0.6) is 0 Å². The molecular weight excluding hydrogens is 252 g/mol. The average molecular weight is 276 g/mol. The summed E-state index contributed by atoms with van der Waals surface area (Å²) in [4.78, 5) is 18.1. The number of carbonyl (C=O) groups excluding carboxylic acids is 1. The second kappa shape index (κ2) is 6.39. The summed E-state index contributed by atoms with van der Waals surface area (Å²) >= 11 is 0. The van der Waals surface area contributed by atoms with Gasteiger partial charge in [0.15, 0.2) is 0 Å². The van der Waals surface area contributed by atoms with E-state index >= 15 is 0 Å². The third-order valence-corrected chi connectivity index (χ3v) is 4.57. The van der Waals surface area contributed by atoms with Gasteiger partial charge in [-0.15, -0.1) is 0 Å². The third kappa shape index (κ3) is 3.39. The summed E-state index contributed by atoms with van der Waals surface area (Å²) in [6, 6.07) is 0.509. The summed E-state index contributed by atoms with van der Waals surface area (Å²) in [5.41, 5.74) is 0. The van der Waals surface area contributed by atoms with E-state index in [1.165, 1.54) is 32.1 Å². The summed E-state index contributed by atoms with van der Waals surface area (Å²) in [5.74, 6) is 0.990. The minimum Gasteiger partial charge on any atom is -0.342 e. The van der Waals surface area contributed by atoms with Crippen molar-refractivity contribution in [2.75, 3.05) is 19.6 Å². The topological polar surface area (TPSA) is 50.2 Å². The van der Waals surface area contributed by atoms with Gasteiger partial charge < -0.3 is 14.8 Å². The maximum absolute atomic E-state index is 12.0. The second-order valence-corrected chi connectivity index (χ2v) is 6.10. The monoisotopic (exact) mass is 276 g/mol. The van der Waals surface area contributed by atoms with Crippen molar-refractivity contribution < 1.29 is 4.79 Å². The van der Waals surface area contributed by atoms with Gasteiger partial charge in [0.25, 0.3) is 0 Å². The lowest BCUT2D eigenvalue weighted by atomic mass is 10.1. The smallest absolute Gasteiger partial charge is 0.236 e. The molecule has 1 unspecified atom stereocenters. The molecule has 5 nitrogen and oxygen atoms in total. The number of carbonyl (C=O) groups is 1. The normalized spacial score (nSPS) is 26.3. The molecule has 5 heteroatoms. The number of aromatic nitrogens is 2. The van der Waals surface area contributed by atoms with Crippen molar-refractivity contribution in [2.24, 2.45) is 5.92 Å². The first-order chi connectivity index (χ1) is 9.81. The van der Waals surface area contributed by atoms with Crippen LogP contribution in [-0.2, 0) is 11.3 Å². The Kier molecular flexibility index (Phi) is 4.35. The van der Waals surface area contributed by atoms with E-state index in [1.807, 2.05) is 23.6 Å². The number of hydrogen-bond acceptors (Lipinski definition) is 3. The summed E-state index contributed by atoms with van der Waals surface area (Å²) < 4.78 is 2.16. The third-order valence-electron chi connectivity index (χ3n) is 4.57. The number of nitrogens with zero attached hydrogens (tertiary/aromatic N) is 3. The molecule has 0 radical (unpaired) electrons. The van der Waals surface area contributed by atoms with Crippen molar-refractivity contribution in [3.05, 3.63) is 18.7 Å². The molecule has 1 saturated carbocycles. The molecule has 1 aliphatic carbocycles. The minimum absolute atomic E-state index is 0.278. The Morgan fingerprint density at radius 1 is 1.30 bits per heavy atom. The Balaban J connectivity index is 1.38. The predicted molar refractivity (Wildman–Crippen MR) is 77.2 cm³/mol. The van der Waals surface area contributed by atoms with Crippen LogP contribution in [0, 0.1) is 5.92 Å². The predicted octanol–water partition coefficient (Wildman–Crippen LogP) is 1.26. The van der Waals surface area contributed by atoms with Gasteiger partial charge in [-0.1, -0.05) is 0 Å². The van der Waals surface area contributed by atoms with Crippen LogP contribution in [0.25, 0.3) is 0 Å². The number of hydrogen-bond donors (Lipinski definition) is 1. The molecule has 1 aromatic rings. The van der Waals surface area contributed by atoms with E-state index in [0.717, 1.165) is 19.6 Å². The molecule has 0 spiro atoms. The number of rotatable bonds is 5. The van der Waals surface area contributed by atoms with E-state index in [2.05, 4.69) is 14.9 Å². The quantitative estimate of drug-likeness (QED) is 0.881. The molecule has 3 rings (SSSR count). The van der Waals surface area contributed by atoms with Crippen molar-refractivity contribution in [2.45, 2.75) is 44.7 Å². The summed E-state index contributed by atoms with van der Waals surface area (Å²) in [6.07, 6.45) is 11.7. The molecule has 1 N–H and O–H groups in total. The molecule has 1 aliphatic heterocycles. The van der Waals surface area contributed by atoms with E-state index in [9.17, 15) is 4.79 Å². The van der Waals surface area contributed by atoms with E-state index in [-0.39, 0.29) is 5.91 Å². The van der Waals surface area contributed by atoms with Crippen LogP contribution in [0.1, 0.15) is 32.1 Å². The second-order valence-electron chi connectivity index (χ2n) is 6.10. The highest BCUT2D eigenvalue weighted by atomic mass is 16.2. The number of likely N-dealkylation sites (tertiary alicyclic amines) is 1. The van der Waals surface area contributed by atoms with Gasteiger partial charge in [-0.3, -0.25) is 4.79 Å². The van der Waals surface area contributed by atoms with Crippen LogP contribution in [0.3, 0.4) is 0 Å². The highest BCUT2D eigenvalue weighted by molar-refractivity contribution is 5.78. The molecule has 2 fully saturated rings. The SMILES string of the molecule is O=C(CN[C@@H]1CCC(Cn2ccnc2)C1)N1CCCC1. The van der Waals surface area contributed by atoms with Crippen molar-refractivity contribution >= 4 is 5.91 Å². The summed E-state index contributed by atoms with van der Waals surface area (Å²) in [5, 5.41) is 3.45. The lowest BCUT2D eigenvalue weighted by Crippen LogP contribution is -2.39. The first-order valence-electron chi connectivity index (χ1n) is 7.78. The number of imidazole rings is 1. The van der Waals surface area contributed by atoms with Crippen LogP contribution in [-0.4, -0.2) is 46.0 Å². The van der Waals surface area contributed by atoms with Gasteiger partial charge in [-0.05, 0) is 38.0 Å². The maximum atomic E-state index is 12.0. The van der Waals surface area contributed by atoms with Gasteiger partial charge >= 0.3 is 0 Å². The Hall–Kier alpha value is -1.36. The van der Waals surface area contributed by atoms with Crippen molar-refractivity contribution in [1.82, 2.24) is 19.8 Å². The van der Waals surface area contributed by atoms with Gasteiger partial charge in [0.05, 0.1) is 12.9 Å². The van der Waals surface area contributed by atoms with Crippen molar-refractivity contribution in [3.63, 3.8) is 0 Å². The number of amides is 1. The van der Waals surface area contributed by atoms with Crippen molar-refractivity contribution in [3.8, 4) is 0 Å². The molecule has 110 valence electrons. The van der Waals surface area contributed by atoms with Crippen LogP contribution < -0.4 is 5.32 Å². The Morgan fingerprint density at radius 3 is 2.90 bits per heavy atom. The van der Waals surface area contributed by atoms with Gasteiger partial charge in [-0.25, -0.2) is 4.98 Å². The molecule has 1 saturated heterocycles. The average Bonchev–Trinajstić information content (AvgIpc) is 3.19. The van der Waals surface area contributed by atoms with E-state index < -0.39 is 0 Å². The van der Waals surface area contributed by atoms with Crippen LogP contribution in [0.15, 0.2) is 18.7 Å². The fourth-order valence-corrected chi connectivity index (χ4v) is 3.43. The lowest BCUT2D eigenvalue weighted by Gasteiger charge is -2.18. The molecule has 1 amide bonds. The van der Waals surface area contributed by atoms with E-state index in [0.29, 0.717) is 18.5 Å². The van der Waals surface area contributed by atoms with Crippen LogP contribution in [0.4, 0.5) is 0 Å². The standard InChI is InChI=1S/C15H24N4O/c20-15(19-6-1-2-7-19)10-17-14-4-3-13(9-14)11-18-8-5-16-12-18/h5,8,12-14,17H,1-4,6-7,9-11H2/t13?,14-/m1/s1. The summed E-state index contributed by atoms with van der Waals surface area (Å²) in [7, 11) is 0. The zero-order valence-corrected chi connectivity index (χ0v) is 12.0. The Labute approximate surface area is 120 Å². The van der Waals surface area contributed by atoms with Crippen LogP contribution in [0.2, 0.25) is 0 Å². The number of nitrogens with one attached hydrogen (secondary N) is 1. The molecule has 2 heterocycles. The fourth-order valence-electron chi connectivity index (χ4n) is 3.43. The molecule has 1 aromatic heterocycles. The highest BCUT2D eigenvalue weighted by Gasteiger charge is 2.26. The minimum atomic E-state index is 0.278. The summed E-state index contributed by atoms with van der Waals surface area (Å²) in [6.45, 7) is 3.48. The zero-order valence-electron chi connectivity index (χ0n) is 12.0. The Morgan fingerprint density at radius 2 is 2.15 bits per heavy atom. The molecule has 2 aliphatic rings. The lowest BCUT2D eigenvalue weighted by molar-refractivity contribution is -0.129. The largest absolute Gasteiger partial charge is 0.342 e. The van der Waals surface area contributed by atoms with Crippen LogP contribution >= 0.6 is 0 Å². The maximum Gasteiger partial charge on any atom is 0.236 e.